The molecule has 0 saturated heterocycles. The van der Waals surface area contributed by atoms with E-state index in [1.165, 1.54) is 12.1 Å². The molecule has 1 aromatic carbocycles. The van der Waals surface area contributed by atoms with Crippen molar-refractivity contribution in [3.8, 4) is 0 Å². The van der Waals surface area contributed by atoms with Crippen molar-refractivity contribution in [2.45, 2.75) is 25.9 Å². The standard InChI is InChI=1S/C12H17BrFN3O/c1-8(5-12(15)16-18)17(2)7-9-6-10(14)3-4-11(9)13/h3-4,6,8,18H,5,7H2,1-2H3,(H2,15,16). The summed E-state index contributed by atoms with van der Waals surface area (Å²) < 4.78 is 14.0. The molecule has 0 aliphatic carbocycles. The van der Waals surface area contributed by atoms with Gasteiger partial charge < -0.3 is 10.9 Å². The smallest absolute Gasteiger partial charge is 0.140 e. The molecule has 18 heavy (non-hydrogen) atoms. The van der Waals surface area contributed by atoms with Gasteiger partial charge in [0.05, 0.1) is 0 Å². The van der Waals surface area contributed by atoms with Gasteiger partial charge in [0.1, 0.15) is 11.7 Å². The number of amidine groups is 1. The van der Waals surface area contributed by atoms with Crippen LogP contribution in [0.5, 0.6) is 0 Å². The van der Waals surface area contributed by atoms with Crippen LogP contribution in [0, 0.1) is 5.82 Å². The predicted molar refractivity (Wildman–Crippen MR) is 73.1 cm³/mol. The molecular formula is C12H17BrFN3O. The fraction of sp³-hybridized carbons (Fsp3) is 0.417. The molecule has 0 bridgehead atoms. The highest BCUT2D eigenvalue weighted by atomic mass is 79.9. The zero-order chi connectivity index (χ0) is 13.7. The van der Waals surface area contributed by atoms with E-state index in [0.29, 0.717) is 13.0 Å². The van der Waals surface area contributed by atoms with Crippen LogP contribution in [0.1, 0.15) is 18.9 Å². The lowest BCUT2D eigenvalue weighted by Crippen LogP contribution is -2.32. The van der Waals surface area contributed by atoms with Crippen LogP contribution in [-0.2, 0) is 6.54 Å². The van der Waals surface area contributed by atoms with Crippen LogP contribution in [0.2, 0.25) is 0 Å². The third-order valence-electron chi connectivity index (χ3n) is 2.81. The zero-order valence-electron chi connectivity index (χ0n) is 10.4. The maximum absolute atomic E-state index is 13.2. The summed E-state index contributed by atoms with van der Waals surface area (Å²) in [7, 11) is 1.91. The van der Waals surface area contributed by atoms with Gasteiger partial charge >= 0.3 is 0 Å². The van der Waals surface area contributed by atoms with Crippen molar-refractivity contribution in [1.82, 2.24) is 4.90 Å². The third kappa shape index (κ3) is 4.27. The minimum atomic E-state index is -0.259. The molecule has 6 heteroatoms. The van der Waals surface area contributed by atoms with E-state index in [9.17, 15) is 4.39 Å². The molecule has 100 valence electrons. The second-order valence-corrected chi connectivity index (χ2v) is 5.15. The average Bonchev–Trinajstić information content (AvgIpc) is 2.33. The Morgan fingerprint density at radius 2 is 2.28 bits per heavy atom. The summed E-state index contributed by atoms with van der Waals surface area (Å²) in [5, 5.41) is 11.5. The first-order chi connectivity index (χ1) is 8.43. The Balaban J connectivity index is 2.69. The normalized spacial score (nSPS) is 13.9. The minimum Gasteiger partial charge on any atom is -0.409 e. The van der Waals surface area contributed by atoms with Gasteiger partial charge in [-0.05, 0) is 37.7 Å². The molecular weight excluding hydrogens is 301 g/mol. The molecule has 0 saturated carbocycles. The lowest BCUT2D eigenvalue weighted by atomic mass is 10.1. The van der Waals surface area contributed by atoms with Crippen LogP contribution >= 0.6 is 15.9 Å². The summed E-state index contributed by atoms with van der Waals surface area (Å²) in [6.45, 7) is 2.55. The van der Waals surface area contributed by atoms with Gasteiger partial charge in [-0.2, -0.15) is 0 Å². The summed E-state index contributed by atoms with van der Waals surface area (Å²) >= 11 is 3.39. The molecule has 0 aliphatic heterocycles. The molecule has 0 heterocycles. The SMILES string of the molecule is CC(C/C(N)=N/O)N(C)Cc1cc(F)ccc1Br. The number of oxime groups is 1. The molecule has 0 fully saturated rings. The topological polar surface area (TPSA) is 61.9 Å². The predicted octanol–water partition coefficient (Wildman–Crippen LogP) is 2.55. The number of halogens is 2. The van der Waals surface area contributed by atoms with Crippen molar-refractivity contribution < 1.29 is 9.60 Å². The summed E-state index contributed by atoms with van der Waals surface area (Å²) in [5.41, 5.74) is 6.33. The fourth-order valence-electron chi connectivity index (χ4n) is 1.59. The Labute approximate surface area is 114 Å². The Hall–Kier alpha value is -1.14. The van der Waals surface area contributed by atoms with Crippen LogP contribution in [0.25, 0.3) is 0 Å². The van der Waals surface area contributed by atoms with E-state index in [2.05, 4.69) is 21.1 Å². The first-order valence-corrected chi connectivity index (χ1v) is 6.34. The van der Waals surface area contributed by atoms with Gasteiger partial charge in [-0.3, -0.25) is 4.90 Å². The highest BCUT2D eigenvalue weighted by molar-refractivity contribution is 9.10. The van der Waals surface area contributed by atoms with Crippen LogP contribution in [0.4, 0.5) is 4.39 Å². The molecule has 0 aliphatic rings. The van der Waals surface area contributed by atoms with E-state index >= 15 is 0 Å². The molecule has 0 radical (unpaired) electrons. The van der Waals surface area contributed by atoms with Crippen molar-refractivity contribution in [2.24, 2.45) is 10.9 Å². The van der Waals surface area contributed by atoms with Crippen molar-refractivity contribution >= 4 is 21.8 Å². The maximum Gasteiger partial charge on any atom is 0.140 e. The Bertz CT molecular complexity index is 439. The van der Waals surface area contributed by atoms with Crippen LogP contribution < -0.4 is 5.73 Å². The number of hydrogen-bond donors (Lipinski definition) is 2. The largest absolute Gasteiger partial charge is 0.409 e. The van der Waals surface area contributed by atoms with Gasteiger partial charge in [0.15, 0.2) is 0 Å². The van der Waals surface area contributed by atoms with Crippen molar-refractivity contribution in [2.75, 3.05) is 7.05 Å². The quantitative estimate of drug-likeness (QED) is 0.380. The van der Waals surface area contributed by atoms with Gasteiger partial charge in [-0.25, -0.2) is 4.39 Å². The first-order valence-electron chi connectivity index (χ1n) is 5.54. The van der Waals surface area contributed by atoms with Gasteiger partial charge in [0, 0.05) is 23.5 Å². The molecule has 1 atom stereocenters. The number of nitrogens with two attached hydrogens (primary N) is 1. The van der Waals surface area contributed by atoms with E-state index in [-0.39, 0.29) is 17.7 Å². The molecule has 0 aromatic heterocycles. The lowest BCUT2D eigenvalue weighted by Gasteiger charge is -2.24. The van der Waals surface area contributed by atoms with Gasteiger partial charge in [-0.1, -0.05) is 21.1 Å². The van der Waals surface area contributed by atoms with E-state index < -0.39 is 0 Å². The molecule has 0 spiro atoms. The van der Waals surface area contributed by atoms with E-state index in [0.717, 1.165) is 10.0 Å². The van der Waals surface area contributed by atoms with Crippen molar-refractivity contribution in [3.05, 3.63) is 34.1 Å². The van der Waals surface area contributed by atoms with E-state index in [1.54, 1.807) is 6.07 Å². The van der Waals surface area contributed by atoms with Crippen molar-refractivity contribution in [1.29, 1.82) is 0 Å². The Kier molecular flexibility index (Phi) is 5.55. The lowest BCUT2D eigenvalue weighted by molar-refractivity contribution is 0.250. The van der Waals surface area contributed by atoms with Crippen LogP contribution in [0.15, 0.2) is 27.8 Å². The van der Waals surface area contributed by atoms with Crippen LogP contribution in [-0.4, -0.2) is 29.0 Å². The van der Waals surface area contributed by atoms with Gasteiger partial charge in [-0.15, -0.1) is 0 Å². The average molecular weight is 318 g/mol. The number of rotatable bonds is 5. The summed E-state index contributed by atoms with van der Waals surface area (Å²) in [6, 6.07) is 4.69. The third-order valence-corrected chi connectivity index (χ3v) is 3.59. The maximum atomic E-state index is 13.2. The summed E-state index contributed by atoms with van der Waals surface area (Å²) in [6.07, 6.45) is 0.458. The highest BCUT2D eigenvalue weighted by Crippen LogP contribution is 2.20. The zero-order valence-corrected chi connectivity index (χ0v) is 12.0. The number of benzene rings is 1. The van der Waals surface area contributed by atoms with Gasteiger partial charge in [0.25, 0.3) is 0 Å². The summed E-state index contributed by atoms with van der Waals surface area (Å²) in [4.78, 5) is 2.01. The molecule has 1 unspecified atom stereocenters. The van der Waals surface area contributed by atoms with Gasteiger partial charge in [0.2, 0.25) is 0 Å². The minimum absolute atomic E-state index is 0.0936. The first kappa shape index (κ1) is 14.9. The monoisotopic (exact) mass is 317 g/mol. The molecule has 1 aromatic rings. The Morgan fingerprint density at radius 3 is 2.89 bits per heavy atom. The molecule has 1 rings (SSSR count). The Morgan fingerprint density at radius 1 is 1.61 bits per heavy atom. The molecule has 4 nitrogen and oxygen atoms in total. The van der Waals surface area contributed by atoms with Crippen molar-refractivity contribution in [3.63, 3.8) is 0 Å². The second-order valence-electron chi connectivity index (χ2n) is 4.30. The summed E-state index contributed by atoms with van der Waals surface area (Å²) in [5.74, 6) is -0.0710. The number of hydrogen-bond acceptors (Lipinski definition) is 3. The van der Waals surface area contributed by atoms with E-state index in [4.69, 9.17) is 10.9 Å². The second kappa shape index (κ2) is 6.70. The molecule has 3 N–H and O–H groups in total. The van der Waals surface area contributed by atoms with E-state index in [1.807, 2.05) is 18.9 Å². The molecule has 0 amide bonds. The fourth-order valence-corrected chi connectivity index (χ4v) is 1.96. The number of nitrogens with zero attached hydrogens (tertiary/aromatic N) is 2. The highest BCUT2D eigenvalue weighted by Gasteiger charge is 2.13. The van der Waals surface area contributed by atoms with Crippen LogP contribution in [0.3, 0.4) is 0 Å².